The van der Waals surface area contributed by atoms with Crippen molar-refractivity contribution in [2.45, 2.75) is 38.8 Å². The molecule has 2 N–H and O–H groups in total. The zero-order chi connectivity index (χ0) is 20.1. The molecule has 7 heteroatoms. The number of likely N-dealkylation sites (N-methyl/N-ethyl adjacent to an activating group) is 1. The summed E-state index contributed by atoms with van der Waals surface area (Å²) in [5, 5.41) is 4.00. The first-order valence-corrected chi connectivity index (χ1v) is 11.1. The van der Waals surface area contributed by atoms with Crippen LogP contribution in [0.5, 0.6) is 0 Å². The third-order valence-electron chi connectivity index (χ3n) is 5.13. The van der Waals surface area contributed by atoms with Crippen LogP contribution in [-0.4, -0.2) is 70.4 Å². The van der Waals surface area contributed by atoms with Gasteiger partial charge in [0, 0.05) is 35.4 Å². The minimum absolute atomic E-state index is 0.0463. The summed E-state index contributed by atoms with van der Waals surface area (Å²) in [5.74, 6) is 1.03. The molecular weight excluding hydrogens is 372 g/mol. The summed E-state index contributed by atoms with van der Waals surface area (Å²) in [6, 6.07) is 7.37. The average molecular weight is 403 g/mol. The van der Waals surface area contributed by atoms with Gasteiger partial charge in [0.1, 0.15) is 6.04 Å². The van der Waals surface area contributed by atoms with E-state index < -0.39 is 6.04 Å². The molecule has 28 heavy (non-hydrogen) atoms. The molecule has 3 rings (SSSR count). The Kier molecular flexibility index (Phi) is 7.02. The third kappa shape index (κ3) is 4.70. The molecule has 2 heterocycles. The van der Waals surface area contributed by atoms with Crippen molar-refractivity contribution in [1.29, 1.82) is 0 Å². The molecule has 2 atom stereocenters. The van der Waals surface area contributed by atoms with Gasteiger partial charge in [-0.25, -0.2) is 0 Å². The second-order valence-electron chi connectivity index (χ2n) is 7.56. The number of unbranched alkanes of at least 4 members (excludes halogenated alkanes) is 1. The number of hydrogen-bond acceptors (Lipinski definition) is 4. The Balaban J connectivity index is 1.63. The Morgan fingerprint density at radius 1 is 1.39 bits per heavy atom. The molecule has 0 bridgehead atoms. The molecule has 1 saturated heterocycles. The van der Waals surface area contributed by atoms with Gasteiger partial charge in [-0.15, -0.1) is 11.8 Å². The van der Waals surface area contributed by atoms with E-state index in [4.69, 9.17) is 0 Å². The number of hydrogen-bond donors (Lipinski definition) is 2. The second kappa shape index (κ2) is 9.47. The quantitative estimate of drug-likeness (QED) is 0.712. The molecule has 2 amide bonds. The number of carbonyl (C=O) groups excluding carboxylic acids is 2. The van der Waals surface area contributed by atoms with E-state index >= 15 is 0 Å². The lowest BCUT2D eigenvalue weighted by atomic mass is 10.1. The van der Waals surface area contributed by atoms with E-state index in [1.165, 1.54) is 0 Å². The van der Waals surface area contributed by atoms with Gasteiger partial charge in [0.25, 0.3) is 5.91 Å². The Bertz CT molecular complexity index is 822. The molecule has 0 unspecified atom stereocenters. The number of para-hydroxylation sites is 1. The molecule has 0 saturated carbocycles. The van der Waals surface area contributed by atoms with Gasteiger partial charge in [-0.1, -0.05) is 31.5 Å². The Morgan fingerprint density at radius 3 is 2.96 bits per heavy atom. The maximum atomic E-state index is 13.1. The molecule has 1 aliphatic heterocycles. The van der Waals surface area contributed by atoms with E-state index in [1.807, 2.05) is 31.2 Å². The normalized spacial score (nSPS) is 18.0. The van der Waals surface area contributed by atoms with Crippen molar-refractivity contribution < 1.29 is 9.59 Å². The number of thioether (sulfide) groups is 1. The van der Waals surface area contributed by atoms with Gasteiger partial charge in [0.05, 0.1) is 11.4 Å². The lowest BCUT2D eigenvalue weighted by molar-refractivity contribution is -0.125. The summed E-state index contributed by atoms with van der Waals surface area (Å²) in [4.78, 5) is 33.1. The van der Waals surface area contributed by atoms with E-state index in [0.717, 1.165) is 36.8 Å². The molecule has 6 nitrogen and oxygen atoms in total. The second-order valence-corrected chi connectivity index (χ2v) is 8.56. The van der Waals surface area contributed by atoms with Crippen LogP contribution in [0.15, 0.2) is 30.5 Å². The average Bonchev–Trinajstić information content (AvgIpc) is 3.32. The van der Waals surface area contributed by atoms with Crippen molar-refractivity contribution in [1.82, 2.24) is 20.1 Å². The molecule has 1 aromatic heterocycles. The highest BCUT2D eigenvalue weighted by Crippen LogP contribution is 2.26. The standard InChI is InChI=1S/C21H30N4O2S/c1-4-5-10-24(3)12-15(2)23-20(26)19-13-28-14-25(19)21(27)17-11-22-18-9-7-6-8-16(17)18/h6-9,11,15,19,22H,4-5,10,12-14H2,1-3H3,(H,23,26)/t15-,19-/m1/s1. The Labute approximate surface area is 171 Å². The van der Waals surface area contributed by atoms with E-state index in [-0.39, 0.29) is 17.9 Å². The number of H-pyrrole nitrogens is 1. The van der Waals surface area contributed by atoms with Gasteiger partial charge < -0.3 is 20.1 Å². The van der Waals surface area contributed by atoms with Crippen molar-refractivity contribution >= 4 is 34.5 Å². The maximum Gasteiger partial charge on any atom is 0.257 e. The molecule has 2 aromatic rings. The highest BCUT2D eigenvalue weighted by molar-refractivity contribution is 7.99. The third-order valence-corrected chi connectivity index (χ3v) is 6.15. The number of aromatic nitrogens is 1. The zero-order valence-electron chi connectivity index (χ0n) is 16.9. The Morgan fingerprint density at radius 2 is 2.18 bits per heavy atom. The number of aromatic amines is 1. The number of nitrogens with zero attached hydrogens (tertiary/aromatic N) is 2. The number of rotatable bonds is 8. The minimum atomic E-state index is -0.422. The van der Waals surface area contributed by atoms with Crippen molar-refractivity contribution in [3.05, 3.63) is 36.0 Å². The van der Waals surface area contributed by atoms with Crippen LogP contribution >= 0.6 is 11.8 Å². The fourth-order valence-electron chi connectivity index (χ4n) is 3.63. The number of amides is 2. The summed E-state index contributed by atoms with van der Waals surface area (Å²) in [7, 11) is 2.08. The minimum Gasteiger partial charge on any atom is -0.360 e. The van der Waals surface area contributed by atoms with E-state index in [1.54, 1.807) is 22.9 Å². The van der Waals surface area contributed by atoms with Crippen LogP contribution < -0.4 is 5.32 Å². The predicted molar refractivity (Wildman–Crippen MR) is 116 cm³/mol. The Hall–Kier alpha value is -1.99. The fraction of sp³-hybridized carbons (Fsp3) is 0.524. The maximum absolute atomic E-state index is 13.1. The summed E-state index contributed by atoms with van der Waals surface area (Å²) >= 11 is 1.63. The van der Waals surface area contributed by atoms with Gasteiger partial charge in [0.15, 0.2) is 0 Å². The molecule has 1 fully saturated rings. The molecule has 1 aromatic carbocycles. The molecule has 0 radical (unpaired) electrons. The first-order valence-electron chi connectivity index (χ1n) is 9.95. The zero-order valence-corrected chi connectivity index (χ0v) is 17.7. The van der Waals surface area contributed by atoms with Crippen molar-refractivity contribution in [2.24, 2.45) is 0 Å². The van der Waals surface area contributed by atoms with Crippen LogP contribution in [0.25, 0.3) is 10.9 Å². The van der Waals surface area contributed by atoms with Crippen LogP contribution in [-0.2, 0) is 4.79 Å². The fourth-order valence-corrected chi connectivity index (χ4v) is 4.79. The summed E-state index contributed by atoms with van der Waals surface area (Å²) < 4.78 is 0. The number of carbonyl (C=O) groups is 2. The lowest BCUT2D eigenvalue weighted by Gasteiger charge is -2.26. The van der Waals surface area contributed by atoms with E-state index in [0.29, 0.717) is 17.2 Å². The monoisotopic (exact) mass is 402 g/mol. The highest BCUT2D eigenvalue weighted by Gasteiger charge is 2.36. The van der Waals surface area contributed by atoms with E-state index in [2.05, 4.69) is 29.2 Å². The first kappa shape index (κ1) is 20.7. The molecule has 0 aliphatic carbocycles. The van der Waals surface area contributed by atoms with Crippen LogP contribution in [0.1, 0.15) is 37.0 Å². The molecule has 152 valence electrons. The number of nitrogens with one attached hydrogen (secondary N) is 2. The van der Waals surface area contributed by atoms with Crippen molar-refractivity contribution in [3.63, 3.8) is 0 Å². The molecule has 0 spiro atoms. The largest absolute Gasteiger partial charge is 0.360 e. The smallest absolute Gasteiger partial charge is 0.257 e. The van der Waals surface area contributed by atoms with Crippen LogP contribution in [0, 0.1) is 0 Å². The summed E-state index contributed by atoms with van der Waals surface area (Å²) in [5.41, 5.74) is 1.56. The topological polar surface area (TPSA) is 68.4 Å². The van der Waals surface area contributed by atoms with Gasteiger partial charge in [0.2, 0.25) is 5.91 Å². The number of fused-ring (bicyclic) bond motifs is 1. The summed E-state index contributed by atoms with van der Waals surface area (Å²) in [6.45, 7) is 6.04. The van der Waals surface area contributed by atoms with Gasteiger partial charge in [-0.05, 0) is 33.0 Å². The lowest BCUT2D eigenvalue weighted by Crippen LogP contribution is -2.51. The molecular formula is C21H30N4O2S. The SMILES string of the molecule is CCCCN(C)C[C@@H](C)NC(=O)[C@H]1CSCN1C(=O)c1c[nH]c2ccccc12. The number of benzene rings is 1. The van der Waals surface area contributed by atoms with Crippen molar-refractivity contribution in [2.75, 3.05) is 31.8 Å². The van der Waals surface area contributed by atoms with E-state index in [9.17, 15) is 9.59 Å². The van der Waals surface area contributed by atoms with Gasteiger partial charge in [-0.2, -0.15) is 0 Å². The summed E-state index contributed by atoms with van der Waals surface area (Å²) in [6.07, 6.45) is 4.06. The highest BCUT2D eigenvalue weighted by atomic mass is 32.2. The van der Waals surface area contributed by atoms with Gasteiger partial charge >= 0.3 is 0 Å². The van der Waals surface area contributed by atoms with Crippen molar-refractivity contribution in [3.8, 4) is 0 Å². The van der Waals surface area contributed by atoms with Crippen LogP contribution in [0.4, 0.5) is 0 Å². The van der Waals surface area contributed by atoms with Gasteiger partial charge in [-0.3, -0.25) is 9.59 Å². The first-order chi connectivity index (χ1) is 13.5. The predicted octanol–water partition coefficient (Wildman–Crippen LogP) is 2.92. The van der Waals surface area contributed by atoms with Crippen LogP contribution in [0.3, 0.4) is 0 Å². The van der Waals surface area contributed by atoms with Crippen LogP contribution in [0.2, 0.25) is 0 Å². The molecule has 1 aliphatic rings.